The average Bonchev–Trinajstić information content (AvgIpc) is 2.96. The summed E-state index contributed by atoms with van der Waals surface area (Å²) in [5, 5.41) is 5.25. The van der Waals surface area contributed by atoms with Gasteiger partial charge < -0.3 is 4.57 Å². The van der Waals surface area contributed by atoms with Crippen LogP contribution in [0.2, 0.25) is 0 Å². The summed E-state index contributed by atoms with van der Waals surface area (Å²) in [5.74, 6) is 0. The van der Waals surface area contributed by atoms with Gasteiger partial charge >= 0.3 is 0 Å². The molecule has 0 aliphatic carbocycles. The third-order valence-electron chi connectivity index (χ3n) is 3.04. The fraction of sp³-hybridized carbons (Fsp3) is 0.143. The van der Waals surface area contributed by atoms with E-state index in [1.54, 1.807) is 4.68 Å². The summed E-state index contributed by atoms with van der Waals surface area (Å²) in [6, 6.07) is 7.76. The molecule has 1 aromatic carbocycles. The minimum absolute atomic E-state index is 0.710. The molecular formula is C14H13N3O. The lowest BCUT2D eigenvalue weighted by Crippen LogP contribution is -1.96. The zero-order valence-electron chi connectivity index (χ0n) is 10.1. The maximum Gasteiger partial charge on any atom is 0.150 e. The molecule has 4 heteroatoms. The minimum atomic E-state index is 0.710. The topological polar surface area (TPSA) is 39.8 Å². The van der Waals surface area contributed by atoms with Crippen molar-refractivity contribution in [3.8, 4) is 0 Å². The van der Waals surface area contributed by atoms with Crippen LogP contribution in [0.5, 0.6) is 0 Å². The average molecular weight is 239 g/mol. The number of carbonyl (C=O) groups is 1. The molecule has 2 aromatic heterocycles. The van der Waals surface area contributed by atoms with Gasteiger partial charge in [0.25, 0.3) is 0 Å². The summed E-state index contributed by atoms with van der Waals surface area (Å²) in [5.41, 5.74) is 3.00. The summed E-state index contributed by atoms with van der Waals surface area (Å²) in [6.07, 6.45) is 6.78. The monoisotopic (exact) mass is 239 g/mol. The molecule has 18 heavy (non-hydrogen) atoms. The van der Waals surface area contributed by atoms with Gasteiger partial charge in [-0.25, -0.2) is 0 Å². The fourth-order valence-corrected chi connectivity index (χ4v) is 2.18. The lowest BCUT2D eigenvalue weighted by molar-refractivity contribution is 0.112. The molecule has 90 valence electrons. The summed E-state index contributed by atoms with van der Waals surface area (Å²) in [6.45, 7) is 0.789. The van der Waals surface area contributed by atoms with E-state index in [2.05, 4.69) is 9.67 Å². The SMILES string of the molecule is Cn1cc(Cn2ccc3cc(C=O)ccc32)cn1. The Morgan fingerprint density at radius 3 is 2.94 bits per heavy atom. The maximum absolute atomic E-state index is 10.7. The number of rotatable bonds is 3. The van der Waals surface area contributed by atoms with E-state index in [4.69, 9.17) is 0 Å². The minimum Gasteiger partial charge on any atom is -0.343 e. The summed E-state index contributed by atoms with van der Waals surface area (Å²) >= 11 is 0. The van der Waals surface area contributed by atoms with Crippen molar-refractivity contribution in [1.82, 2.24) is 14.3 Å². The second kappa shape index (κ2) is 4.14. The molecule has 0 atom stereocenters. The zero-order chi connectivity index (χ0) is 12.5. The highest BCUT2D eigenvalue weighted by Crippen LogP contribution is 2.18. The molecular weight excluding hydrogens is 226 g/mol. The van der Waals surface area contributed by atoms with Crippen molar-refractivity contribution in [2.75, 3.05) is 0 Å². The lowest BCUT2D eigenvalue weighted by atomic mass is 10.2. The second-order valence-corrected chi connectivity index (χ2v) is 4.40. The van der Waals surface area contributed by atoms with Crippen molar-refractivity contribution in [3.05, 3.63) is 54.0 Å². The van der Waals surface area contributed by atoms with E-state index in [0.717, 1.165) is 29.3 Å². The summed E-state index contributed by atoms with van der Waals surface area (Å²) in [4.78, 5) is 10.7. The number of hydrogen-bond donors (Lipinski definition) is 0. The normalized spacial score (nSPS) is 10.9. The van der Waals surface area contributed by atoms with Gasteiger partial charge in [0, 0.05) is 41.5 Å². The Morgan fingerprint density at radius 1 is 1.33 bits per heavy atom. The van der Waals surface area contributed by atoms with Gasteiger partial charge in [-0.2, -0.15) is 5.10 Å². The number of fused-ring (bicyclic) bond motifs is 1. The van der Waals surface area contributed by atoms with Crippen LogP contribution < -0.4 is 0 Å². The third kappa shape index (κ3) is 1.82. The van der Waals surface area contributed by atoms with Gasteiger partial charge in [0.2, 0.25) is 0 Å². The van der Waals surface area contributed by atoms with Crippen LogP contribution in [0, 0.1) is 0 Å². The van der Waals surface area contributed by atoms with E-state index in [1.165, 1.54) is 0 Å². The Kier molecular flexibility index (Phi) is 2.48. The summed E-state index contributed by atoms with van der Waals surface area (Å²) in [7, 11) is 1.91. The molecule has 0 saturated heterocycles. The first-order valence-corrected chi connectivity index (χ1v) is 5.78. The zero-order valence-corrected chi connectivity index (χ0v) is 10.1. The Bertz CT molecular complexity index is 709. The first-order chi connectivity index (χ1) is 8.76. The molecule has 0 amide bonds. The van der Waals surface area contributed by atoms with Crippen LogP contribution in [-0.4, -0.2) is 20.6 Å². The van der Waals surface area contributed by atoms with E-state index >= 15 is 0 Å². The molecule has 0 aliphatic rings. The number of aryl methyl sites for hydroxylation is 1. The first-order valence-electron chi connectivity index (χ1n) is 5.78. The van der Waals surface area contributed by atoms with Gasteiger partial charge in [-0.05, 0) is 24.3 Å². The number of hydrogen-bond acceptors (Lipinski definition) is 2. The van der Waals surface area contributed by atoms with Gasteiger partial charge in [-0.15, -0.1) is 0 Å². The van der Waals surface area contributed by atoms with Gasteiger partial charge in [0.1, 0.15) is 6.29 Å². The van der Waals surface area contributed by atoms with Gasteiger partial charge in [0.05, 0.1) is 12.7 Å². The first kappa shape index (κ1) is 10.8. The van der Waals surface area contributed by atoms with Crippen LogP contribution in [0.4, 0.5) is 0 Å². The van der Waals surface area contributed by atoms with Crippen molar-refractivity contribution in [3.63, 3.8) is 0 Å². The molecule has 0 unspecified atom stereocenters. The Morgan fingerprint density at radius 2 is 2.22 bits per heavy atom. The predicted molar refractivity (Wildman–Crippen MR) is 69.6 cm³/mol. The third-order valence-corrected chi connectivity index (χ3v) is 3.04. The number of aromatic nitrogens is 3. The van der Waals surface area contributed by atoms with Crippen LogP contribution in [0.1, 0.15) is 15.9 Å². The molecule has 0 aliphatic heterocycles. The molecule has 2 heterocycles. The number of nitrogens with zero attached hydrogens (tertiary/aromatic N) is 3. The Labute approximate surface area is 104 Å². The van der Waals surface area contributed by atoms with Gasteiger partial charge in [0.15, 0.2) is 0 Å². The Balaban J connectivity index is 2.00. The second-order valence-electron chi connectivity index (χ2n) is 4.40. The largest absolute Gasteiger partial charge is 0.343 e. The lowest BCUT2D eigenvalue weighted by Gasteiger charge is -2.03. The highest BCUT2D eigenvalue weighted by Gasteiger charge is 2.03. The number of aldehydes is 1. The smallest absolute Gasteiger partial charge is 0.150 e. The van der Waals surface area contributed by atoms with Crippen LogP contribution in [0.15, 0.2) is 42.9 Å². The number of carbonyl (C=O) groups excluding carboxylic acids is 1. The van der Waals surface area contributed by atoms with E-state index in [1.807, 2.05) is 49.9 Å². The fourth-order valence-electron chi connectivity index (χ4n) is 2.18. The molecule has 3 rings (SSSR count). The van der Waals surface area contributed by atoms with Crippen LogP contribution >= 0.6 is 0 Å². The van der Waals surface area contributed by atoms with Crippen molar-refractivity contribution < 1.29 is 4.79 Å². The standard InChI is InChI=1S/C14H13N3O/c1-16-8-12(7-15-16)9-17-5-4-13-6-11(10-18)2-3-14(13)17/h2-8,10H,9H2,1H3. The van der Waals surface area contributed by atoms with Crippen LogP contribution in [-0.2, 0) is 13.6 Å². The van der Waals surface area contributed by atoms with Crippen molar-refractivity contribution in [2.24, 2.45) is 7.05 Å². The summed E-state index contributed by atoms with van der Waals surface area (Å²) < 4.78 is 3.95. The molecule has 0 saturated carbocycles. The highest BCUT2D eigenvalue weighted by molar-refractivity contribution is 5.87. The van der Waals surface area contributed by atoms with E-state index in [9.17, 15) is 4.79 Å². The van der Waals surface area contributed by atoms with E-state index in [-0.39, 0.29) is 0 Å². The van der Waals surface area contributed by atoms with E-state index < -0.39 is 0 Å². The van der Waals surface area contributed by atoms with Crippen molar-refractivity contribution >= 4 is 17.2 Å². The predicted octanol–water partition coefficient (Wildman–Crippen LogP) is 2.24. The molecule has 0 spiro atoms. The quantitative estimate of drug-likeness (QED) is 0.657. The highest BCUT2D eigenvalue weighted by atomic mass is 16.1. The van der Waals surface area contributed by atoms with Crippen LogP contribution in [0.25, 0.3) is 10.9 Å². The Hall–Kier alpha value is -2.36. The van der Waals surface area contributed by atoms with Crippen molar-refractivity contribution in [2.45, 2.75) is 6.54 Å². The van der Waals surface area contributed by atoms with Gasteiger partial charge in [-0.1, -0.05) is 0 Å². The molecule has 0 radical (unpaired) electrons. The molecule has 0 N–H and O–H groups in total. The van der Waals surface area contributed by atoms with E-state index in [0.29, 0.717) is 5.56 Å². The molecule has 0 fully saturated rings. The maximum atomic E-state index is 10.7. The van der Waals surface area contributed by atoms with Gasteiger partial charge in [-0.3, -0.25) is 9.48 Å². The molecule has 0 bridgehead atoms. The van der Waals surface area contributed by atoms with Crippen molar-refractivity contribution in [1.29, 1.82) is 0 Å². The van der Waals surface area contributed by atoms with Crippen LogP contribution in [0.3, 0.4) is 0 Å². The number of benzene rings is 1. The molecule has 4 nitrogen and oxygen atoms in total. The molecule has 3 aromatic rings.